The Kier molecular flexibility index (Phi) is 5.19. The number of likely N-dealkylation sites (N-methyl/N-ethyl adjacent to an activating group) is 1. The topological polar surface area (TPSA) is 23.6 Å². The molecular weight excluding hydrogens is 296 g/mol. The highest BCUT2D eigenvalue weighted by Crippen LogP contribution is 2.33. The molecule has 0 saturated carbocycles. The molecule has 3 heteroatoms. The van der Waals surface area contributed by atoms with E-state index in [4.69, 9.17) is 0 Å². The summed E-state index contributed by atoms with van der Waals surface area (Å²) in [5.74, 6) is 0.0678. The molecule has 1 unspecified atom stereocenters. The van der Waals surface area contributed by atoms with Gasteiger partial charge in [0.25, 0.3) is 0 Å². The Hall–Kier alpha value is -2.29. The molecule has 126 valence electrons. The van der Waals surface area contributed by atoms with Crippen molar-refractivity contribution in [1.29, 1.82) is 0 Å². The molecule has 3 nitrogen and oxygen atoms in total. The summed E-state index contributed by atoms with van der Waals surface area (Å²) in [5.41, 5.74) is 3.28. The van der Waals surface area contributed by atoms with E-state index in [0.29, 0.717) is 0 Å². The average Bonchev–Trinajstić information content (AvgIpc) is 3.17. The van der Waals surface area contributed by atoms with Crippen LogP contribution in [0.1, 0.15) is 37.7 Å². The molecule has 2 aromatic rings. The molecule has 1 fully saturated rings. The van der Waals surface area contributed by atoms with E-state index in [1.807, 2.05) is 48.3 Å². The maximum atomic E-state index is 13.1. The Bertz CT molecular complexity index is 677. The molecule has 1 heterocycles. The van der Waals surface area contributed by atoms with Crippen molar-refractivity contribution in [2.45, 2.75) is 32.1 Å². The van der Waals surface area contributed by atoms with Gasteiger partial charge in [-0.3, -0.25) is 4.79 Å². The summed E-state index contributed by atoms with van der Waals surface area (Å²) < 4.78 is 0. The lowest BCUT2D eigenvalue weighted by atomic mass is 9.95. The van der Waals surface area contributed by atoms with Crippen LogP contribution in [0.4, 0.5) is 11.4 Å². The molecule has 24 heavy (non-hydrogen) atoms. The first-order chi connectivity index (χ1) is 11.7. The number of amides is 1. The van der Waals surface area contributed by atoms with E-state index >= 15 is 0 Å². The van der Waals surface area contributed by atoms with Crippen molar-refractivity contribution >= 4 is 17.3 Å². The highest BCUT2D eigenvalue weighted by molar-refractivity contribution is 6.00. The van der Waals surface area contributed by atoms with Gasteiger partial charge in [0.2, 0.25) is 5.91 Å². The van der Waals surface area contributed by atoms with Gasteiger partial charge in [0.05, 0.1) is 17.3 Å². The standard InChI is InChI=1S/C21H26N2O/c1-3-18(17-11-5-4-6-12-17)21(24)22(2)19-13-7-8-14-20(19)23-15-9-10-16-23/h4-8,11-14,18H,3,9-10,15-16H2,1-2H3. The summed E-state index contributed by atoms with van der Waals surface area (Å²) in [6, 6.07) is 18.4. The van der Waals surface area contributed by atoms with Gasteiger partial charge in [-0.25, -0.2) is 0 Å². The molecule has 1 aliphatic heterocycles. The zero-order chi connectivity index (χ0) is 16.9. The molecular formula is C21H26N2O. The lowest BCUT2D eigenvalue weighted by molar-refractivity contribution is -0.119. The molecule has 1 atom stereocenters. The van der Waals surface area contributed by atoms with Crippen molar-refractivity contribution in [3.05, 3.63) is 60.2 Å². The maximum absolute atomic E-state index is 13.1. The summed E-state index contributed by atoms with van der Waals surface area (Å²) >= 11 is 0. The van der Waals surface area contributed by atoms with Gasteiger partial charge in [-0.2, -0.15) is 0 Å². The van der Waals surface area contributed by atoms with Gasteiger partial charge in [-0.15, -0.1) is 0 Å². The maximum Gasteiger partial charge on any atom is 0.234 e. The number of nitrogens with zero attached hydrogens (tertiary/aromatic N) is 2. The molecule has 2 aromatic carbocycles. The first-order valence-electron chi connectivity index (χ1n) is 8.89. The summed E-state index contributed by atoms with van der Waals surface area (Å²) in [6.45, 7) is 4.24. The fourth-order valence-electron chi connectivity index (χ4n) is 3.56. The third-order valence-corrected chi connectivity index (χ3v) is 4.93. The second kappa shape index (κ2) is 7.52. The largest absolute Gasteiger partial charge is 0.370 e. The molecule has 1 amide bonds. The first-order valence-corrected chi connectivity index (χ1v) is 8.89. The number of hydrogen-bond acceptors (Lipinski definition) is 2. The third-order valence-electron chi connectivity index (χ3n) is 4.93. The number of hydrogen-bond donors (Lipinski definition) is 0. The highest BCUT2D eigenvalue weighted by atomic mass is 16.2. The number of rotatable bonds is 5. The lowest BCUT2D eigenvalue weighted by Crippen LogP contribution is -2.33. The normalized spacial score (nSPS) is 15.3. The zero-order valence-electron chi connectivity index (χ0n) is 14.6. The fourth-order valence-corrected chi connectivity index (χ4v) is 3.56. The SMILES string of the molecule is CCC(C(=O)N(C)c1ccccc1N1CCCC1)c1ccccc1. The highest BCUT2D eigenvalue weighted by Gasteiger charge is 2.26. The van der Waals surface area contributed by atoms with Crippen LogP contribution in [-0.2, 0) is 4.79 Å². The van der Waals surface area contributed by atoms with Gasteiger partial charge >= 0.3 is 0 Å². The van der Waals surface area contributed by atoms with Gasteiger partial charge in [0.1, 0.15) is 0 Å². The molecule has 0 aliphatic carbocycles. The predicted molar refractivity (Wildman–Crippen MR) is 101 cm³/mol. The molecule has 0 spiro atoms. The fraction of sp³-hybridized carbons (Fsp3) is 0.381. The second-order valence-electron chi connectivity index (χ2n) is 6.45. The van der Waals surface area contributed by atoms with Crippen LogP contribution in [0, 0.1) is 0 Å². The van der Waals surface area contributed by atoms with Crippen molar-refractivity contribution in [2.24, 2.45) is 0 Å². The van der Waals surface area contributed by atoms with E-state index in [9.17, 15) is 4.79 Å². The molecule has 3 rings (SSSR count). The quantitative estimate of drug-likeness (QED) is 0.812. The lowest BCUT2D eigenvalue weighted by Gasteiger charge is -2.29. The molecule has 0 radical (unpaired) electrons. The second-order valence-corrected chi connectivity index (χ2v) is 6.45. The number of carbonyl (C=O) groups excluding carboxylic acids is 1. The molecule has 1 saturated heterocycles. The Balaban J connectivity index is 1.88. The van der Waals surface area contributed by atoms with Crippen LogP contribution in [0.15, 0.2) is 54.6 Å². The minimum Gasteiger partial charge on any atom is -0.370 e. The van der Waals surface area contributed by atoms with Crippen LogP contribution < -0.4 is 9.80 Å². The summed E-state index contributed by atoms with van der Waals surface area (Å²) in [4.78, 5) is 17.4. The van der Waals surface area contributed by atoms with Crippen molar-refractivity contribution < 1.29 is 4.79 Å². The first kappa shape index (κ1) is 16.6. The summed E-state index contributed by atoms with van der Waals surface area (Å²) in [5, 5.41) is 0. The van der Waals surface area contributed by atoms with E-state index in [0.717, 1.165) is 30.8 Å². The molecule has 0 N–H and O–H groups in total. The summed E-state index contributed by atoms with van der Waals surface area (Å²) in [7, 11) is 1.91. The van der Waals surface area contributed by atoms with Crippen molar-refractivity contribution in [2.75, 3.05) is 29.9 Å². The smallest absolute Gasteiger partial charge is 0.234 e. The van der Waals surface area contributed by atoms with Gasteiger partial charge in [0.15, 0.2) is 0 Å². The van der Waals surface area contributed by atoms with E-state index in [1.54, 1.807) is 0 Å². The summed E-state index contributed by atoms with van der Waals surface area (Å²) in [6.07, 6.45) is 3.26. The Morgan fingerprint density at radius 2 is 1.67 bits per heavy atom. The molecule has 0 bridgehead atoms. The average molecular weight is 322 g/mol. The molecule has 0 aromatic heterocycles. The van der Waals surface area contributed by atoms with Crippen LogP contribution in [0.25, 0.3) is 0 Å². The zero-order valence-corrected chi connectivity index (χ0v) is 14.6. The van der Waals surface area contributed by atoms with Crippen LogP contribution in [0.5, 0.6) is 0 Å². The monoisotopic (exact) mass is 322 g/mol. The number of anilines is 2. The predicted octanol–water partition coefficient (Wildman–Crippen LogP) is 4.44. The van der Waals surface area contributed by atoms with Crippen LogP contribution >= 0.6 is 0 Å². The van der Waals surface area contributed by atoms with Crippen molar-refractivity contribution in [3.8, 4) is 0 Å². The minimum absolute atomic E-state index is 0.0946. The van der Waals surface area contributed by atoms with Crippen LogP contribution in [0.2, 0.25) is 0 Å². The van der Waals surface area contributed by atoms with Gasteiger partial charge in [-0.1, -0.05) is 49.4 Å². The number of benzene rings is 2. The van der Waals surface area contributed by atoms with Crippen molar-refractivity contribution in [3.63, 3.8) is 0 Å². The Morgan fingerprint density at radius 3 is 2.33 bits per heavy atom. The minimum atomic E-state index is -0.0946. The van der Waals surface area contributed by atoms with E-state index in [-0.39, 0.29) is 11.8 Å². The van der Waals surface area contributed by atoms with Crippen LogP contribution in [0.3, 0.4) is 0 Å². The van der Waals surface area contributed by atoms with E-state index < -0.39 is 0 Å². The Morgan fingerprint density at radius 1 is 1.04 bits per heavy atom. The van der Waals surface area contributed by atoms with E-state index in [1.165, 1.54) is 18.5 Å². The Labute approximate surface area is 144 Å². The number of para-hydroxylation sites is 2. The van der Waals surface area contributed by atoms with Gasteiger partial charge in [-0.05, 0) is 37.0 Å². The van der Waals surface area contributed by atoms with Gasteiger partial charge < -0.3 is 9.80 Å². The number of carbonyl (C=O) groups is 1. The van der Waals surface area contributed by atoms with E-state index in [2.05, 4.69) is 30.0 Å². The van der Waals surface area contributed by atoms with Gasteiger partial charge in [0, 0.05) is 20.1 Å². The van der Waals surface area contributed by atoms with Crippen LogP contribution in [-0.4, -0.2) is 26.0 Å². The third kappa shape index (κ3) is 3.30. The molecule has 1 aliphatic rings. The van der Waals surface area contributed by atoms with Crippen molar-refractivity contribution in [1.82, 2.24) is 0 Å².